The number of aliphatic hydroxyl groups excluding tert-OH is 1. The Morgan fingerprint density at radius 1 is 1.32 bits per heavy atom. The van der Waals surface area contributed by atoms with Crippen LogP contribution >= 0.6 is 0 Å². The summed E-state index contributed by atoms with van der Waals surface area (Å²) in [5.74, 6) is -0.247. The summed E-state index contributed by atoms with van der Waals surface area (Å²) >= 11 is 0. The highest BCUT2D eigenvalue weighted by Crippen LogP contribution is 2.23. The van der Waals surface area contributed by atoms with Crippen LogP contribution in [0.2, 0.25) is 0 Å². The quantitative estimate of drug-likeness (QED) is 0.740. The molecule has 0 radical (unpaired) electrons. The fraction of sp³-hybridized carbons (Fsp3) is 0.222. The summed E-state index contributed by atoms with van der Waals surface area (Å²) in [4.78, 5) is 24.2. The average Bonchev–Trinajstić information content (AvgIpc) is 2.89. The van der Waals surface area contributed by atoms with Crippen LogP contribution < -0.4 is 15.8 Å². The van der Waals surface area contributed by atoms with Crippen molar-refractivity contribution < 1.29 is 19.1 Å². The van der Waals surface area contributed by atoms with Gasteiger partial charge in [0.25, 0.3) is 5.91 Å². The number of hydrogen-bond acceptors (Lipinski definition) is 5. The summed E-state index contributed by atoms with van der Waals surface area (Å²) in [6.07, 6.45) is 0. The molecule has 0 fully saturated rings. The Morgan fingerprint density at radius 3 is 2.84 bits per heavy atom. The van der Waals surface area contributed by atoms with E-state index < -0.39 is 5.76 Å². The highest BCUT2D eigenvalue weighted by atomic mass is 16.5. The van der Waals surface area contributed by atoms with E-state index in [0.717, 1.165) is 5.56 Å². The maximum Gasteiger partial charge on any atom is 0.419 e. The maximum atomic E-state index is 12.6. The molecule has 7 heteroatoms. The lowest BCUT2D eigenvalue weighted by Crippen LogP contribution is -2.12. The molecule has 1 heterocycles. The number of fused-ring (bicyclic) bond motifs is 1. The van der Waals surface area contributed by atoms with Crippen LogP contribution in [0, 0.1) is 6.92 Å². The zero-order valence-electron chi connectivity index (χ0n) is 13.9. The molecule has 0 unspecified atom stereocenters. The van der Waals surface area contributed by atoms with Gasteiger partial charge in [0, 0.05) is 12.7 Å². The monoisotopic (exact) mass is 342 g/mol. The lowest BCUT2D eigenvalue weighted by atomic mass is 10.1. The van der Waals surface area contributed by atoms with Crippen LogP contribution in [0.1, 0.15) is 15.9 Å². The van der Waals surface area contributed by atoms with Crippen molar-refractivity contribution in [2.75, 3.05) is 18.5 Å². The van der Waals surface area contributed by atoms with Crippen LogP contribution in [0.15, 0.2) is 45.6 Å². The number of oxazole rings is 1. The molecule has 1 amide bonds. The number of aryl methyl sites for hydroxylation is 2. The van der Waals surface area contributed by atoms with Gasteiger partial charge in [-0.25, -0.2) is 4.79 Å². The number of carbonyl (C=O) groups excluding carboxylic acids is 1. The predicted octanol–water partition coefficient (Wildman–Crippen LogP) is 2.06. The standard InChI is InChI=1S/C18H18N2O5/c1-11-10-12(6-7-15(11)24-9-8-21)19-17(22)13-4-3-5-14-16(13)25-18(23)20(14)2/h3-7,10,21H,8-9H2,1-2H3,(H,19,22). The van der Waals surface area contributed by atoms with Crippen molar-refractivity contribution in [3.05, 3.63) is 58.1 Å². The third-order valence-electron chi connectivity index (χ3n) is 3.85. The van der Waals surface area contributed by atoms with Gasteiger partial charge in [-0.05, 0) is 42.8 Å². The second kappa shape index (κ2) is 6.82. The number of aliphatic hydroxyl groups is 1. The van der Waals surface area contributed by atoms with E-state index in [4.69, 9.17) is 14.3 Å². The molecule has 0 bridgehead atoms. The second-order valence-electron chi connectivity index (χ2n) is 5.59. The first-order valence-corrected chi connectivity index (χ1v) is 7.75. The molecule has 25 heavy (non-hydrogen) atoms. The molecule has 3 rings (SSSR count). The van der Waals surface area contributed by atoms with Crippen molar-refractivity contribution in [3.8, 4) is 5.75 Å². The molecular weight excluding hydrogens is 324 g/mol. The number of aromatic nitrogens is 1. The van der Waals surface area contributed by atoms with Gasteiger partial charge in [-0.1, -0.05) is 6.07 Å². The zero-order valence-corrected chi connectivity index (χ0v) is 13.9. The molecule has 0 saturated carbocycles. The molecule has 1 aromatic heterocycles. The molecule has 0 aliphatic rings. The van der Waals surface area contributed by atoms with Gasteiger partial charge in [-0.3, -0.25) is 9.36 Å². The number of hydrogen-bond donors (Lipinski definition) is 2. The number of amides is 1. The van der Waals surface area contributed by atoms with E-state index in [1.807, 2.05) is 6.92 Å². The lowest BCUT2D eigenvalue weighted by Gasteiger charge is -2.11. The number of nitrogens with zero attached hydrogens (tertiary/aromatic N) is 1. The van der Waals surface area contributed by atoms with E-state index in [1.54, 1.807) is 43.4 Å². The van der Waals surface area contributed by atoms with Gasteiger partial charge in [0.2, 0.25) is 0 Å². The number of rotatable bonds is 5. The minimum absolute atomic E-state index is 0.0653. The number of nitrogens with one attached hydrogen (secondary N) is 1. The Kier molecular flexibility index (Phi) is 4.58. The van der Waals surface area contributed by atoms with E-state index in [-0.39, 0.29) is 30.3 Å². The maximum absolute atomic E-state index is 12.6. The number of anilines is 1. The van der Waals surface area contributed by atoms with Gasteiger partial charge < -0.3 is 19.6 Å². The minimum Gasteiger partial charge on any atom is -0.491 e. The van der Waals surface area contributed by atoms with Crippen LogP contribution in [0.5, 0.6) is 5.75 Å². The Bertz CT molecular complexity index is 987. The normalized spacial score (nSPS) is 10.8. The number of benzene rings is 2. The summed E-state index contributed by atoms with van der Waals surface area (Å²) in [7, 11) is 1.59. The van der Waals surface area contributed by atoms with E-state index in [0.29, 0.717) is 17.0 Å². The predicted molar refractivity (Wildman–Crippen MR) is 93.2 cm³/mol. The highest BCUT2D eigenvalue weighted by Gasteiger charge is 2.16. The van der Waals surface area contributed by atoms with Crippen LogP contribution in [0.3, 0.4) is 0 Å². The van der Waals surface area contributed by atoms with Crippen molar-refractivity contribution >= 4 is 22.7 Å². The SMILES string of the molecule is Cc1cc(NC(=O)c2cccc3c2oc(=O)n3C)ccc1OCCO. The van der Waals surface area contributed by atoms with Gasteiger partial charge in [-0.2, -0.15) is 0 Å². The third-order valence-corrected chi connectivity index (χ3v) is 3.85. The van der Waals surface area contributed by atoms with Crippen LogP contribution in [0.25, 0.3) is 11.1 Å². The third kappa shape index (κ3) is 3.27. The molecule has 130 valence electrons. The van der Waals surface area contributed by atoms with Crippen molar-refractivity contribution in [1.29, 1.82) is 0 Å². The van der Waals surface area contributed by atoms with Gasteiger partial charge in [0.1, 0.15) is 12.4 Å². The topological polar surface area (TPSA) is 93.7 Å². The van der Waals surface area contributed by atoms with Crippen LogP contribution in [0.4, 0.5) is 5.69 Å². The average molecular weight is 342 g/mol. The van der Waals surface area contributed by atoms with E-state index in [9.17, 15) is 9.59 Å². The van der Waals surface area contributed by atoms with E-state index >= 15 is 0 Å². The number of carbonyl (C=O) groups is 1. The lowest BCUT2D eigenvalue weighted by molar-refractivity contribution is 0.102. The summed E-state index contributed by atoms with van der Waals surface area (Å²) in [6, 6.07) is 10.2. The molecule has 2 aromatic carbocycles. The molecule has 3 aromatic rings. The molecular formula is C18H18N2O5. The summed E-state index contributed by atoms with van der Waals surface area (Å²) < 4.78 is 11.9. The molecule has 2 N–H and O–H groups in total. The molecule has 0 aliphatic heterocycles. The summed E-state index contributed by atoms with van der Waals surface area (Å²) in [6.45, 7) is 1.99. The Hall–Kier alpha value is -3.06. The largest absolute Gasteiger partial charge is 0.491 e. The zero-order chi connectivity index (χ0) is 18.0. The fourth-order valence-corrected chi connectivity index (χ4v) is 2.57. The second-order valence-corrected chi connectivity index (χ2v) is 5.59. The Labute approximate surface area is 143 Å². The summed E-state index contributed by atoms with van der Waals surface area (Å²) in [5, 5.41) is 11.6. The first-order valence-electron chi connectivity index (χ1n) is 7.75. The van der Waals surface area contributed by atoms with Gasteiger partial charge in [0.05, 0.1) is 17.7 Å². The van der Waals surface area contributed by atoms with Gasteiger partial charge in [0.15, 0.2) is 5.58 Å². The molecule has 0 saturated heterocycles. The van der Waals surface area contributed by atoms with Crippen LogP contribution in [-0.4, -0.2) is 28.8 Å². The van der Waals surface area contributed by atoms with Gasteiger partial charge >= 0.3 is 5.76 Å². The van der Waals surface area contributed by atoms with Crippen molar-refractivity contribution in [2.24, 2.45) is 7.05 Å². The first kappa shape index (κ1) is 16.8. The molecule has 0 aliphatic carbocycles. The summed E-state index contributed by atoms with van der Waals surface area (Å²) in [5.41, 5.74) is 2.52. The fourth-order valence-electron chi connectivity index (χ4n) is 2.57. The Morgan fingerprint density at radius 2 is 2.12 bits per heavy atom. The first-order chi connectivity index (χ1) is 12.0. The van der Waals surface area contributed by atoms with Crippen molar-refractivity contribution in [3.63, 3.8) is 0 Å². The van der Waals surface area contributed by atoms with Gasteiger partial charge in [-0.15, -0.1) is 0 Å². The smallest absolute Gasteiger partial charge is 0.419 e. The number of para-hydroxylation sites is 1. The molecule has 7 nitrogen and oxygen atoms in total. The van der Waals surface area contributed by atoms with Crippen molar-refractivity contribution in [2.45, 2.75) is 6.92 Å². The molecule has 0 atom stereocenters. The van der Waals surface area contributed by atoms with E-state index in [2.05, 4.69) is 5.32 Å². The van der Waals surface area contributed by atoms with Crippen molar-refractivity contribution in [1.82, 2.24) is 4.57 Å². The number of ether oxygens (including phenoxy) is 1. The highest BCUT2D eigenvalue weighted by molar-refractivity contribution is 6.11. The molecule has 0 spiro atoms. The Balaban J connectivity index is 1.87. The minimum atomic E-state index is -0.517. The van der Waals surface area contributed by atoms with E-state index in [1.165, 1.54) is 4.57 Å². The van der Waals surface area contributed by atoms with Crippen LogP contribution in [-0.2, 0) is 7.05 Å².